The van der Waals surface area contributed by atoms with Gasteiger partial charge in [0.05, 0.1) is 15.5 Å². The second-order valence-electron chi connectivity index (χ2n) is 19.5. The Morgan fingerprint density at radius 2 is 1.45 bits per heavy atom. The molecule has 1 saturated heterocycles. The average Bonchev–Trinajstić information content (AvgIpc) is 4.05. The Hall–Kier alpha value is -2.70. The molecule has 0 aromatic carbocycles. The number of likely N-dealkylation sites (tertiary alicyclic amines) is 1. The van der Waals surface area contributed by atoms with Crippen molar-refractivity contribution in [2.45, 2.75) is 184 Å². The van der Waals surface area contributed by atoms with E-state index in [1.54, 1.807) is 32.6 Å². The van der Waals surface area contributed by atoms with E-state index in [1.807, 2.05) is 13.8 Å². The number of nitrogens with zero attached hydrogens (tertiary/aromatic N) is 1. The van der Waals surface area contributed by atoms with E-state index in [0.29, 0.717) is 32.2 Å². The first kappa shape index (κ1) is 40.0. The lowest BCUT2D eigenvalue weighted by Gasteiger charge is -2.46. The van der Waals surface area contributed by atoms with Crippen molar-refractivity contribution < 1.29 is 32.4 Å². The third-order valence-corrected chi connectivity index (χ3v) is 17.7. The van der Waals surface area contributed by atoms with Gasteiger partial charge >= 0.3 is 6.03 Å². The molecule has 7 atom stereocenters. The van der Waals surface area contributed by atoms with Crippen LogP contribution in [0.3, 0.4) is 0 Å². The highest BCUT2D eigenvalue weighted by Crippen LogP contribution is 2.65. The van der Waals surface area contributed by atoms with Crippen LogP contribution in [0.25, 0.3) is 0 Å². The standard InChI is InChI=1S/C40H65N5O7S/c1-9-25-22-40(25,31(46)33(48)41-26-16-17-26)43-32(47)29-28-27(37(28,6)7)23-45(29)34(49)30(38(8)18-12-10-13-19-38)42-35(50)44-39(20-14-11-15-21-39)24(2)53(51,52)36(3,4)5/h24-30H,9-23H2,1-8H3,(H,41,48)(H,43,47)(H2,42,44,50)/t24-,25-,27+,28+,29+,30-,40+/m1/s1. The van der Waals surface area contributed by atoms with Gasteiger partial charge in [0, 0.05) is 12.6 Å². The number of rotatable bonds is 12. The molecule has 0 aromatic heterocycles. The summed E-state index contributed by atoms with van der Waals surface area (Å²) < 4.78 is 26.6. The van der Waals surface area contributed by atoms with Gasteiger partial charge in [-0.3, -0.25) is 19.2 Å². The Morgan fingerprint density at radius 3 is 1.98 bits per heavy atom. The van der Waals surface area contributed by atoms with E-state index in [4.69, 9.17) is 0 Å². The SMILES string of the molecule is CC[C@@H]1C[C@@]1(NC(=O)[C@@H]1[C@@H]2[C@H](CN1C(=O)[C@@H](NC(=O)NC1([C@@H](C)S(=O)(=O)C(C)(C)C)CCCCC1)C1(C)CCCCC1)C2(C)C)C(=O)C(=O)NC1CC1. The summed E-state index contributed by atoms with van der Waals surface area (Å²) in [4.78, 5) is 71.9. The van der Waals surface area contributed by atoms with Crippen LogP contribution in [0.2, 0.25) is 0 Å². The van der Waals surface area contributed by atoms with Crippen molar-refractivity contribution in [1.29, 1.82) is 0 Å². The van der Waals surface area contributed by atoms with Gasteiger partial charge in [0.15, 0.2) is 9.84 Å². The Bertz CT molecular complexity index is 1600. The number of amides is 5. The average molecular weight is 760 g/mol. The summed E-state index contributed by atoms with van der Waals surface area (Å²) in [6, 6.07) is -2.35. The van der Waals surface area contributed by atoms with Crippen molar-refractivity contribution in [1.82, 2.24) is 26.2 Å². The quantitative estimate of drug-likeness (QED) is 0.212. The minimum atomic E-state index is -3.64. The summed E-state index contributed by atoms with van der Waals surface area (Å²) in [6.07, 6.45) is 10.6. The van der Waals surface area contributed by atoms with Gasteiger partial charge < -0.3 is 26.2 Å². The number of nitrogens with one attached hydrogen (secondary N) is 4. The van der Waals surface area contributed by atoms with Crippen LogP contribution in [0, 0.1) is 28.6 Å². The number of piperidine rings is 1. The molecule has 12 nitrogen and oxygen atoms in total. The van der Waals surface area contributed by atoms with Crippen molar-refractivity contribution in [3.05, 3.63) is 0 Å². The first-order valence-electron chi connectivity index (χ1n) is 20.5. The van der Waals surface area contributed by atoms with E-state index in [2.05, 4.69) is 35.1 Å². The molecule has 298 valence electrons. The molecule has 0 unspecified atom stereocenters. The molecular weight excluding hydrogens is 695 g/mol. The topological polar surface area (TPSA) is 171 Å². The highest BCUT2D eigenvalue weighted by atomic mass is 32.2. The largest absolute Gasteiger partial charge is 0.347 e. The van der Waals surface area contributed by atoms with Gasteiger partial charge in [-0.15, -0.1) is 0 Å². The van der Waals surface area contributed by atoms with Crippen LogP contribution in [0.15, 0.2) is 0 Å². The van der Waals surface area contributed by atoms with Crippen LogP contribution in [0.5, 0.6) is 0 Å². The molecule has 1 heterocycles. The third kappa shape index (κ3) is 7.14. The lowest BCUT2D eigenvalue weighted by atomic mass is 9.70. The predicted molar refractivity (Wildman–Crippen MR) is 202 cm³/mol. The third-order valence-electron chi connectivity index (χ3n) is 14.6. The molecule has 5 saturated carbocycles. The molecular formula is C40H65N5O7S. The minimum Gasteiger partial charge on any atom is -0.347 e. The fourth-order valence-corrected chi connectivity index (χ4v) is 12.4. The molecule has 6 rings (SSSR count). The monoisotopic (exact) mass is 759 g/mol. The van der Waals surface area contributed by atoms with Crippen molar-refractivity contribution in [3.63, 3.8) is 0 Å². The zero-order valence-corrected chi connectivity index (χ0v) is 34.2. The first-order chi connectivity index (χ1) is 24.6. The summed E-state index contributed by atoms with van der Waals surface area (Å²) in [5.74, 6) is -2.22. The summed E-state index contributed by atoms with van der Waals surface area (Å²) in [6.45, 7) is 15.3. The predicted octanol–water partition coefficient (Wildman–Crippen LogP) is 4.54. The normalized spacial score (nSPS) is 32.3. The molecule has 6 fully saturated rings. The number of carbonyl (C=O) groups is 5. The van der Waals surface area contributed by atoms with Crippen LogP contribution >= 0.6 is 0 Å². The van der Waals surface area contributed by atoms with Crippen LogP contribution in [0.4, 0.5) is 4.79 Å². The van der Waals surface area contributed by atoms with Gasteiger partial charge in [0.1, 0.15) is 17.6 Å². The van der Waals surface area contributed by atoms with E-state index in [1.165, 1.54) is 0 Å². The van der Waals surface area contributed by atoms with E-state index < -0.39 is 72.0 Å². The number of hydrogen-bond acceptors (Lipinski definition) is 7. The van der Waals surface area contributed by atoms with E-state index >= 15 is 4.79 Å². The summed E-state index contributed by atoms with van der Waals surface area (Å²) in [7, 11) is -3.64. The van der Waals surface area contributed by atoms with Crippen molar-refractivity contribution in [3.8, 4) is 0 Å². The molecule has 4 N–H and O–H groups in total. The number of carbonyl (C=O) groups excluding carboxylic acids is 5. The number of fused-ring (bicyclic) bond motifs is 1. The van der Waals surface area contributed by atoms with Crippen LogP contribution in [0.1, 0.15) is 145 Å². The van der Waals surface area contributed by atoms with E-state index in [0.717, 1.165) is 64.2 Å². The number of ketones is 1. The smallest absolute Gasteiger partial charge is 0.315 e. The second-order valence-corrected chi connectivity index (χ2v) is 22.5. The lowest BCUT2D eigenvalue weighted by molar-refractivity contribution is -0.146. The Labute approximate surface area is 316 Å². The molecule has 0 spiro atoms. The Morgan fingerprint density at radius 1 is 0.868 bits per heavy atom. The molecule has 5 amide bonds. The van der Waals surface area contributed by atoms with Gasteiger partial charge in [-0.05, 0) is 101 Å². The molecule has 1 aliphatic heterocycles. The Balaban J connectivity index is 1.26. The van der Waals surface area contributed by atoms with E-state index in [9.17, 15) is 27.6 Å². The fraction of sp³-hybridized carbons (Fsp3) is 0.875. The highest BCUT2D eigenvalue weighted by molar-refractivity contribution is 7.93. The molecule has 13 heteroatoms. The number of hydrogen-bond donors (Lipinski definition) is 4. The van der Waals surface area contributed by atoms with E-state index in [-0.39, 0.29) is 35.1 Å². The maximum absolute atomic E-state index is 15.0. The van der Waals surface area contributed by atoms with Gasteiger partial charge in [-0.1, -0.05) is 72.6 Å². The van der Waals surface area contributed by atoms with Gasteiger partial charge in [-0.2, -0.15) is 0 Å². The van der Waals surface area contributed by atoms with Gasteiger partial charge in [0.25, 0.3) is 5.91 Å². The Kier molecular flexibility index (Phi) is 10.4. The first-order valence-corrected chi connectivity index (χ1v) is 22.0. The molecule has 0 bridgehead atoms. The van der Waals surface area contributed by atoms with Gasteiger partial charge in [-0.25, -0.2) is 13.2 Å². The maximum atomic E-state index is 15.0. The molecule has 0 aromatic rings. The zero-order valence-electron chi connectivity index (χ0n) is 33.4. The zero-order chi connectivity index (χ0) is 38.9. The number of urea groups is 1. The van der Waals surface area contributed by atoms with Crippen molar-refractivity contribution in [2.24, 2.45) is 28.6 Å². The van der Waals surface area contributed by atoms with Crippen LogP contribution in [-0.2, 0) is 29.0 Å². The highest BCUT2D eigenvalue weighted by Gasteiger charge is 2.71. The van der Waals surface area contributed by atoms with Crippen LogP contribution < -0.4 is 21.3 Å². The fourth-order valence-electron chi connectivity index (χ4n) is 10.5. The van der Waals surface area contributed by atoms with Gasteiger partial charge in [0.2, 0.25) is 17.6 Å². The molecule has 6 aliphatic rings. The summed E-state index contributed by atoms with van der Waals surface area (Å²) in [5, 5.41) is 11.2. The summed E-state index contributed by atoms with van der Waals surface area (Å²) >= 11 is 0. The summed E-state index contributed by atoms with van der Waals surface area (Å²) in [5.41, 5.74) is -3.03. The number of sulfone groups is 1. The molecule has 5 aliphatic carbocycles. The van der Waals surface area contributed by atoms with Crippen molar-refractivity contribution in [2.75, 3.05) is 6.54 Å². The van der Waals surface area contributed by atoms with Crippen molar-refractivity contribution >= 4 is 39.4 Å². The lowest BCUT2D eigenvalue weighted by Crippen LogP contribution is -2.66. The maximum Gasteiger partial charge on any atom is 0.315 e. The minimum absolute atomic E-state index is 0.0101. The molecule has 0 radical (unpaired) electrons. The molecule has 53 heavy (non-hydrogen) atoms. The second kappa shape index (κ2) is 13.8. The number of Topliss-reactive ketones (excluding diaryl/α,β-unsaturated/α-hetero) is 1. The van der Waals surface area contributed by atoms with Crippen LogP contribution in [-0.4, -0.2) is 88.6 Å².